The number of carbonyl (C=O) groups is 1. The van der Waals surface area contributed by atoms with Gasteiger partial charge >= 0.3 is 6.09 Å². The van der Waals surface area contributed by atoms with Crippen LogP contribution in [0.25, 0.3) is 0 Å². The van der Waals surface area contributed by atoms with Crippen LogP contribution >= 0.6 is 10.7 Å². The fraction of sp³-hybridized carbons (Fsp3) is 0.188. The lowest BCUT2D eigenvalue weighted by molar-refractivity contribution is 0.147. The van der Waals surface area contributed by atoms with Crippen LogP contribution in [-0.4, -0.2) is 21.1 Å². The first-order chi connectivity index (χ1) is 10.9. The number of amides is 1. The number of carbonyl (C=O) groups excluding carboxylic acids is 1. The Hall–Kier alpha value is -2.05. The maximum atomic E-state index is 12.3. The second-order valence-electron chi connectivity index (χ2n) is 5.17. The summed E-state index contributed by atoms with van der Waals surface area (Å²) in [6.45, 7) is 0.619. The molecule has 7 heteroatoms. The molecule has 23 heavy (non-hydrogen) atoms. The van der Waals surface area contributed by atoms with Crippen molar-refractivity contribution >= 4 is 31.5 Å². The molecule has 0 bridgehead atoms. The van der Waals surface area contributed by atoms with Gasteiger partial charge in [-0.1, -0.05) is 36.4 Å². The molecule has 0 saturated carbocycles. The Morgan fingerprint density at radius 1 is 1.17 bits per heavy atom. The Morgan fingerprint density at radius 3 is 2.61 bits per heavy atom. The minimum atomic E-state index is -3.84. The summed E-state index contributed by atoms with van der Waals surface area (Å²) in [5.41, 5.74) is 2.31. The maximum absolute atomic E-state index is 12.3. The smallest absolute Gasteiger partial charge is 0.414 e. The predicted octanol–water partition coefficient (Wildman–Crippen LogP) is 3.31. The van der Waals surface area contributed by atoms with Crippen LogP contribution in [-0.2, 0) is 26.8 Å². The SMILES string of the molecule is O=C(OCc1ccccc1)N1CCc2ccc(S(=O)(=O)Cl)cc21. The molecule has 1 aliphatic rings. The Bertz CT molecular complexity index is 836. The van der Waals surface area contributed by atoms with E-state index in [9.17, 15) is 13.2 Å². The van der Waals surface area contributed by atoms with E-state index in [4.69, 9.17) is 15.4 Å². The number of ether oxygens (including phenoxy) is 1. The molecule has 0 spiro atoms. The van der Waals surface area contributed by atoms with E-state index < -0.39 is 15.1 Å². The molecule has 0 saturated heterocycles. The molecule has 0 fully saturated rings. The van der Waals surface area contributed by atoms with Crippen LogP contribution in [0.15, 0.2) is 53.4 Å². The largest absolute Gasteiger partial charge is 0.444 e. The number of nitrogens with zero attached hydrogens (tertiary/aromatic N) is 1. The predicted molar refractivity (Wildman–Crippen MR) is 87.2 cm³/mol. The van der Waals surface area contributed by atoms with Crippen molar-refractivity contribution < 1.29 is 17.9 Å². The van der Waals surface area contributed by atoms with Gasteiger partial charge in [0.25, 0.3) is 9.05 Å². The van der Waals surface area contributed by atoms with E-state index in [0.717, 1.165) is 11.1 Å². The molecule has 0 radical (unpaired) electrons. The zero-order chi connectivity index (χ0) is 16.4. The van der Waals surface area contributed by atoms with Crippen molar-refractivity contribution in [3.05, 3.63) is 59.7 Å². The van der Waals surface area contributed by atoms with Gasteiger partial charge in [0.15, 0.2) is 0 Å². The van der Waals surface area contributed by atoms with E-state index in [2.05, 4.69) is 0 Å². The van der Waals surface area contributed by atoms with Crippen molar-refractivity contribution in [2.24, 2.45) is 0 Å². The topological polar surface area (TPSA) is 63.7 Å². The summed E-state index contributed by atoms with van der Waals surface area (Å²) in [5, 5.41) is 0. The first kappa shape index (κ1) is 15.8. The Kier molecular flexibility index (Phi) is 4.28. The van der Waals surface area contributed by atoms with Gasteiger partial charge in [-0.05, 0) is 29.7 Å². The van der Waals surface area contributed by atoms with Crippen LogP contribution in [0.1, 0.15) is 11.1 Å². The third-order valence-corrected chi connectivity index (χ3v) is 5.01. The molecule has 1 heterocycles. The molecule has 5 nitrogen and oxygen atoms in total. The number of benzene rings is 2. The minimum Gasteiger partial charge on any atom is -0.444 e. The third-order valence-electron chi connectivity index (χ3n) is 3.66. The lowest BCUT2D eigenvalue weighted by Crippen LogP contribution is -2.29. The third kappa shape index (κ3) is 3.48. The van der Waals surface area contributed by atoms with Crippen LogP contribution in [0.2, 0.25) is 0 Å². The molecule has 2 aromatic rings. The molecule has 1 amide bonds. The standard InChI is InChI=1S/C16H14ClNO4S/c17-23(20,21)14-7-6-13-8-9-18(15(13)10-14)16(19)22-11-12-4-2-1-3-5-12/h1-7,10H,8-9,11H2. The molecule has 3 rings (SSSR count). The molecule has 0 atom stereocenters. The van der Waals surface area contributed by atoms with Gasteiger partial charge < -0.3 is 4.74 Å². The summed E-state index contributed by atoms with van der Waals surface area (Å²) in [6, 6.07) is 13.9. The van der Waals surface area contributed by atoms with Gasteiger partial charge in [-0.2, -0.15) is 0 Å². The van der Waals surface area contributed by atoms with Crippen molar-refractivity contribution in [1.29, 1.82) is 0 Å². The maximum Gasteiger partial charge on any atom is 0.414 e. The first-order valence-corrected chi connectivity index (χ1v) is 9.32. The number of anilines is 1. The second-order valence-corrected chi connectivity index (χ2v) is 7.74. The van der Waals surface area contributed by atoms with Gasteiger partial charge in [0.05, 0.1) is 10.6 Å². The fourth-order valence-electron chi connectivity index (χ4n) is 2.50. The Labute approximate surface area is 138 Å². The van der Waals surface area contributed by atoms with Crippen LogP contribution in [0, 0.1) is 0 Å². The summed E-state index contributed by atoms with van der Waals surface area (Å²) in [5.74, 6) is 0. The molecule has 0 aromatic heterocycles. The Morgan fingerprint density at radius 2 is 1.91 bits per heavy atom. The van der Waals surface area contributed by atoms with Crippen molar-refractivity contribution in [2.45, 2.75) is 17.9 Å². The molecule has 0 aliphatic carbocycles. The zero-order valence-corrected chi connectivity index (χ0v) is 13.7. The quantitative estimate of drug-likeness (QED) is 0.796. The average molecular weight is 352 g/mol. The molecular formula is C16H14ClNO4S. The summed E-state index contributed by atoms with van der Waals surface area (Å²) >= 11 is 0. The van der Waals surface area contributed by atoms with E-state index in [-0.39, 0.29) is 11.5 Å². The van der Waals surface area contributed by atoms with Gasteiger partial charge in [-0.25, -0.2) is 13.2 Å². The number of fused-ring (bicyclic) bond motifs is 1. The molecular weight excluding hydrogens is 338 g/mol. The summed E-state index contributed by atoms with van der Waals surface area (Å²) in [6.07, 6.45) is 0.148. The van der Waals surface area contributed by atoms with E-state index in [1.54, 1.807) is 6.07 Å². The van der Waals surface area contributed by atoms with Crippen molar-refractivity contribution in [1.82, 2.24) is 0 Å². The molecule has 120 valence electrons. The second kappa shape index (κ2) is 6.22. The van der Waals surface area contributed by atoms with Gasteiger partial charge in [-0.3, -0.25) is 4.90 Å². The number of rotatable bonds is 3. The summed E-state index contributed by atoms with van der Waals surface area (Å²) in [7, 11) is 1.53. The highest BCUT2D eigenvalue weighted by Crippen LogP contribution is 2.32. The normalized spacial score (nSPS) is 13.7. The van der Waals surface area contributed by atoms with Gasteiger partial charge in [-0.15, -0.1) is 0 Å². The fourth-order valence-corrected chi connectivity index (χ4v) is 3.27. The summed E-state index contributed by atoms with van der Waals surface area (Å²) in [4.78, 5) is 13.7. The van der Waals surface area contributed by atoms with Gasteiger partial charge in [0, 0.05) is 17.2 Å². The zero-order valence-electron chi connectivity index (χ0n) is 12.1. The first-order valence-electron chi connectivity index (χ1n) is 7.01. The van der Waals surface area contributed by atoms with Crippen molar-refractivity contribution in [2.75, 3.05) is 11.4 Å². The molecule has 1 aliphatic heterocycles. The van der Waals surface area contributed by atoms with Crippen LogP contribution in [0.3, 0.4) is 0 Å². The van der Waals surface area contributed by atoms with E-state index >= 15 is 0 Å². The average Bonchev–Trinajstić information content (AvgIpc) is 2.96. The van der Waals surface area contributed by atoms with Crippen LogP contribution < -0.4 is 4.90 Å². The molecule has 0 N–H and O–H groups in total. The molecule has 0 unspecified atom stereocenters. The summed E-state index contributed by atoms with van der Waals surface area (Å²) < 4.78 is 28.2. The van der Waals surface area contributed by atoms with Crippen molar-refractivity contribution in [3.8, 4) is 0 Å². The number of hydrogen-bond donors (Lipinski definition) is 0. The lowest BCUT2D eigenvalue weighted by atomic mass is 10.2. The minimum absolute atomic E-state index is 0.0272. The highest BCUT2D eigenvalue weighted by Gasteiger charge is 2.27. The van der Waals surface area contributed by atoms with E-state index in [0.29, 0.717) is 18.7 Å². The monoisotopic (exact) mass is 351 g/mol. The van der Waals surface area contributed by atoms with Crippen LogP contribution in [0.4, 0.5) is 10.5 Å². The number of halogens is 1. The highest BCUT2D eigenvalue weighted by atomic mass is 35.7. The van der Waals surface area contributed by atoms with Crippen LogP contribution in [0.5, 0.6) is 0 Å². The molecule has 2 aromatic carbocycles. The van der Waals surface area contributed by atoms with Gasteiger partial charge in [0.2, 0.25) is 0 Å². The lowest BCUT2D eigenvalue weighted by Gasteiger charge is -2.17. The van der Waals surface area contributed by atoms with E-state index in [1.165, 1.54) is 17.0 Å². The Balaban J connectivity index is 1.77. The van der Waals surface area contributed by atoms with Crippen molar-refractivity contribution in [3.63, 3.8) is 0 Å². The van der Waals surface area contributed by atoms with E-state index in [1.807, 2.05) is 30.3 Å². The van der Waals surface area contributed by atoms with Gasteiger partial charge in [0.1, 0.15) is 6.61 Å². The highest BCUT2D eigenvalue weighted by molar-refractivity contribution is 8.13. The number of hydrogen-bond acceptors (Lipinski definition) is 4.